The highest BCUT2D eigenvalue weighted by Gasteiger charge is 2.29. The van der Waals surface area contributed by atoms with Crippen LogP contribution < -0.4 is 5.32 Å². The lowest BCUT2D eigenvalue weighted by Gasteiger charge is -1.96. The number of anilines is 1. The molecule has 2 saturated carbocycles. The normalized spacial score (nSPS) is 19.1. The number of nitrogens with zero attached hydrogens (tertiary/aromatic N) is 3. The number of thiazole rings is 1. The molecule has 6 heteroatoms. The van der Waals surface area contributed by atoms with E-state index in [0.717, 1.165) is 17.4 Å². The minimum Gasteiger partial charge on any atom is -0.332 e. The van der Waals surface area contributed by atoms with E-state index in [0.29, 0.717) is 18.5 Å². The van der Waals surface area contributed by atoms with E-state index in [1.54, 1.807) is 11.3 Å². The maximum absolute atomic E-state index is 5.16. The third-order valence-corrected chi connectivity index (χ3v) is 4.36. The van der Waals surface area contributed by atoms with Crippen LogP contribution in [0.25, 0.3) is 0 Å². The van der Waals surface area contributed by atoms with Gasteiger partial charge in [-0.1, -0.05) is 5.16 Å². The zero-order valence-electron chi connectivity index (χ0n) is 9.93. The van der Waals surface area contributed by atoms with Crippen LogP contribution in [-0.4, -0.2) is 15.1 Å². The predicted molar refractivity (Wildman–Crippen MR) is 67.7 cm³/mol. The third kappa shape index (κ3) is 2.12. The molecule has 2 aromatic heterocycles. The summed E-state index contributed by atoms with van der Waals surface area (Å²) >= 11 is 1.76. The fraction of sp³-hybridized carbons (Fsp3) is 0.583. The first-order valence-electron chi connectivity index (χ1n) is 6.40. The standard InChI is InChI=1S/C12H14N4OS/c1-2-7(1)10-15-12(17-16-10)13-5-9-6-18-11(14-9)8-3-4-8/h6-8H,1-5H2,(H,13,15,16). The summed E-state index contributed by atoms with van der Waals surface area (Å²) in [7, 11) is 0. The van der Waals surface area contributed by atoms with Crippen molar-refractivity contribution >= 4 is 17.4 Å². The summed E-state index contributed by atoms with van der Waals surface area (Å²) in [6.45, 7) is 0.662. The minimum absolute atomic E-state index is 0.512. The molecule has 0 saturated heterocycles. The summed E-state index contributed by atoms with van der Waals surface area (Å²) in [5.74, 6) is 2.10. The maximum atomic E-state index is 5.16. The molecule has 1 N–H and O–H groups in total. The molecule has 2 aromatic rings. The summed E-state index contributed by atoms with van der Waals surface area (Å²) in [6.07, 6.45) is 4.98. The van der Waals surface area contributed by atoms with E-state index in [4.69, 9.17) is 4.52 Å². The Bertz CT molecular complexity index is 506. The summed E-state index contributed by atoms with van der Waals surface area (Å²) < 4.78 is 5.16. The van der Waals surface area contributed by atoms with Crippen molar-refractivity contribution in [3.05, 3.63) is 21.9 Å². The largest absolute Gasteiger partial charge is 0.332 e. The van der Waals surface area contributed by atoms with Gasteiger partial charge in [0.2, 0.25) is 0 Å². The van der Waals surface area contributed by atoms with Gasteiger partial charge in [0.1, 0.15) is 0 Å². The Morgan fingerprint density at radius 1 is 1.22 bits per heavy atom. The first-order valence-corrected chi connectivity index (χ1v) is 7.28. The zero-order valence-corrected chi connectivity index (χ0v) is 10.7. The highest BCUT2D eigenvalue weighted by Crippen LogP contribution is 2.41. The fourth-order valence-electron chi connectivity index (χ4n) is 1.90. The molecule has 2 heterocycles. The van der Waals surface area contributed by atoms with Crippen LogP contribution >= 0.6 is 11.3 Å². The van der Waals surface area contributed by atoms with Gasteiger partial charge >= 0.3 is 6.01 Å². The molecule has 0 bridgehead atoms. The second-order valence-corrected chi connectivity index (χ2v) is 5.93. The SMILES string of the molecule is c1sc(C2CC2)nc1CNc1nc(C2CC2)no1. The average molecular weight is 262 g/mol. The van der Waals surface area contributed by atoms with E-state index in [2.05, 4.69) is 25.8 Å². The van der Waals surface area contributed by atoms with E-state index in [-0.39, 0.29) is 0 Å². The molecule has 5 nitrogen and oxygen atoms in total. The summed E-state index contributed by atoms with van der Waals surface area (Å²) in [6, 6.07) is 0.512. The Morgan fingerprint density at radius 2 is 2.06 bits per heavy atom. The van der Waals surface area contributed by atoms with Gasteiger partial charge < -0.3 is 9.84 Å². The molecular formula is C12H14N4OS. The van der Waals surface area contributed by atoms with Crippen molar-refractivity contribution in [2.45, 2.75) is 44.1 Å². The van der Waals surface area contributed by atoms with Crippen molar-refractivity contribution in [1.82, 2.24) is 15.1 Å². The van der Waals surface area contributed by atoms with Gasteiger partial charge in [-0.05, 0) is 25.7 Å². The van der Waals surface area contributed by atoms with Crippen LogP contribution in [0.3, 0.4) is 0 Å². The van der Waals surface area contributed by atoms with E-state index in [9.17, 15) is 0 Å². The summed E-state index contributed by atoms with van der Waals surface area (Å²) in [5.41, 5.74) is 1.06. The zero-order chi connectivity index (χ0) is 11.9. The van der Waals surface area contributed by atoms with Crippen LogP contribution in [0.2, 0.25) is 0 Å². The average Bonchev–Trinajstić information content (AvgIpc) is 3.32. The van der Waals surface area contributed by atoms with Gasteiger partial charge in [0.25, 0.3) is 0 Å². The molecule has 2 aliphatic carbocycles. The van der Waals surface area contributed by atoms with Crippen molar-refractivity contribution < 1.29 is 4.52 Å². The van der Waals surface area contributed by atoms with Gasteiger partial charge in [0.05, 0.1) is 17.2 Å². The van der Waals surface area contributed by atoms with Gasteiger partial charge in [0, 0.05) is 17.2 Å². The van der Waals surface area contributed by atoms with Crippen LogP contribution in [0.1, 0.15) is 54.0 Å². The van der Waals surface area contributed by atoms with Crippen molar-refractivity contribution in [2.75, 3.05) is 5.32 Å². The highest BCUT2D eigenvalue weighted by molar-refractivity contribution is 7.09. The minimum atomic E-state index is 0.512. The Labute approximate surface area is 109 Å². The number of hydrogen-bond acceptors (Lipinski definition) is 6. The highest BCUT2D eigenvalue weighted by atomic mass is 32.1. The molecule has 2 aliphatic rings. The summed E-state index contributed by atoms with van der Waals surface area (Å²) in [4.78, 5) is 8.94. The maximum Gasteiger partial charge on any atom is 0.321 e. The van der Waals surface area contributed by atoms with Gasteiger partial charge in [0.15, 0.2) is 5.82 Å². The molecular weight excluding hydrogens is 248 g/mol. The molecule has 94 valence electrons. The van der Waals surface area contributed by atoms with E-state index >= 15 is 0 Å². The Morgan fingerprint density at radius 3 is 2.83 bits per heavy atom. The quantitative estimate of drug-likeness (QED) is 0.897. The van der Waals surface area contributed by atoms with E-state index < -0.39 is 0 Å². The summed E-state index contributed by atoms with van der Waals surface area (Å²) in [5, 5.41) is 10.5. The van der Waals surface area contributed by atoms with Gasteiger partial charge in [-0.15, -0.1) is 11.3 Å². The first-order chi connectivity index (χ1) is 8.88. The molecule has 0 unspecified atom stereocenters. The Balaban J connectivity index is 1.38. The van der Waals surface area contributed by atoms with Crippen LogP contribution in [0.4, 0.5) is 6.01 Å². The number of nitrogens with one attached hydrogen (secondary N) is 1. The van der Waals surface area contributed by atoms with Crippen molar-refractivity contribution in [3.63, 3.8) is 0 Å². The Kier molecular flexibility index (Phi) is 2.36. The number of aromatic nitrogens is 3. The lowest BCUT2D eigenvalue weighted by atomic mass is 10.4. The second-order valence-electron chi connectivity index (χ2n) is 5.04. The first kappa shape index (κ1) is 10.5. The van der Waals surface area contributed by atoms with Gasteiger partial charge in [-0.2, -0.15) is 4.98 Å². The second kappa shape index (κ2) is 4.05. The number of rotatable bonds is 5. The van der Waals surface area contributed by atoms with Crippen molar-refractivity contribution in [2.24, 2.45) is 0 Å². The molecule has 18 heavy (non-hydrogen) atoms. The van der Waals surface area contributed by atoms with E-state index in [1.807, 2.05) is 0 Å². The predicted octanol–water partition coefficient (Wildman–Crippen LogP) is 2.89. The van der Waals surface area contributed by atoms with Crippen molar-refractivity contribution in [3.8, 4) is 0 Å². The number of hydrogen-bond donors (Lipinski definition) is 1. The lowest BCUT2D eigenvalue weighted by Crippen LogP contribution is -2.00. The third-order valence-electron chi connectivity index (χ3n) is 3.30. The van der Waals surface area contributed by atoms with Crippen LogP contribution in [0.15, 0.2) is 9.90 Å². The molecule has 0 radical (unpaired) electrons. The molecule has 0 aliphatic heterocycles. The topological polar surface area (TPSA) is 63.8 Å². The molecule has 0 aromatic carbocycles. The van der Waals surface area contributed by atoms with Crippen LogP contribution in [0, 0.1) is 0 Å². The van der Waals surface area contributed by atoms with Gasteiger partial charge in [-0.3, -0.25) is 0 Å². The fourth-order valence-corrected chi connectivity index (χ4v) is 2.89. The smallest absolute Gasteiger partial charge is 0.321 e. The molecule has 2 fully saturated rings. The monoisotopic (exact) mass is 262 g/mol. The molecule has 4 rings (SSSR count). The van der Waals surface area contributed by atoms with Crippen LogP contribution in [-0.2, 0) is 6.54 Å². The molecule has 0 spiro atoms. The van der Waals surface area contributed by atoms with E-state index in [1.165, 1.54) is 30.7 Å². The Hall–Kier alpha value is -1.43. The van der Waals surface area contributed by atoms with Crippen molar-refractivity contribution in [1.29, 1.82) is 0 Å². The van der Waals surface area contributed by atoms with Crippen LogP contribution in [0.5, 0.6) is 0 Å². The lowest BCUT2D eigenvalue weighted by molar-refractivity contribution is 0.422. The van der Waals surface area contributed by atoms with Gasteiger partial charge in [-0.25, -0.2) is 4.98 Å². The molecule has 0 atom stereocenters. The molecule has 0 amide bonds.